The van der Waals surface area contributed by atoms with Gasteiger partial charge in [-0.15, -0.1) is 11.3 Å². The third-order valence-electron chi connectivity index (χ3n) is 4.76. The molecule has 0 unspecified atom stereocenters. The molecule has 1 N–H and O–H groups in total. The molecule has 1 aliphatic heterocycles. The monoisotopic (exact) mass is 406 g/mol. The van der Waals surface area contributed by atoms with Crippen LogP contribution in [-0.4, -0.2) is 11.8 Å². The van der Waals surface area contributed by atoms with Crippen molar-refractivity contribution in [1.29, 1.82) is 0 Å². The van der Waals surface area contributed by atoms with Gasteiger partial charge >= 0.3 is 0 Å². The van der Waals surface area contributed by atoms with Crippen LogP contribution in [0.4, 0.5) is 15.8 Å². The molecular formula is C23H19FN2O2S. The molecule has 1 aromatic heterocycles. The number of anilines is 2. The molecule has 0 radical (unpaired) electrons. The van der Waals surface area contributed by atoms with E-state index in [1.165, 1.54) is 35.1 Å². The van der Waals surface area contributed by atoms with E-state index in [1.807, 2.05) is 35.7 Å². The van der Waals surface area contributed by atoms with E-state index in [0.717, 1.165) is 4.90 Å². The number of halogens is 1. The molecule has 0 bridgehead atoms. The van der Waals surface area contributed by atoms with E-state index in [1.54, 1.807) is 12.1 Å². The largest absolute Gasteiger partial charge is 0.350 e. The quantitative estimate of drug-likeness (QED) is 0.577. The van der Waals surface area contributed by atoms with E-state index in [0.29, 0.717) is 22.1 Å². The Hall–Kier alpha value is -3.25. The topological polar surface area (TPSA) is 49.4 Å². The van der Waals surface area contributed by atoms with Crippen LogP contribution < -0.4 is 10.2 Å². The molecule has 4 nitrogen and oxygen atoms in total. The Labute approximate surface area is 172 Å². The number of nitrogens with zero attached hydrogens (tertiary/aromatic N) is 1. The molecule has 0 saturated heterocycles. The van der Waals surface area contributed by atoms with Crippen LogP contribution in [0.1, 0.15) is 30.2 Å². The summed E-state index contributed by atoms with van der Waals surface area (Å²) in [5.74, 6) is -1.09. The lowest BCUT2D eigenvalue weighted by molar-refractivity contribution is -0.120. The fourth-order valence-corrected chi connectivity index (χ4v) is 4.01. The number of thiophene rings is 1. The average molecular weight is 406 g/mol. The second-order valence-corrected chi connectivity index (χ2v) is 8.00. The smallest absolute Gasteiger partial charge is 0.282 e. The lowest BCUT2D eigenvalue weighted by Crippen LogP contribution is -2.32. The molecule has 6 heteroatoms. The Balaban J connectivity index is 1.75. The molecule has 2 amide bonds. The van der Waals surface area contributed by atoms with Gasteiger partial charge in [0.1, 0.15) is 11.5 Å². The first-order valence-electron chi connectivity index (χ1n) is 9.25. The molecule has 146 valence electrons. The van der Waals surface area contributed by atoms with Crippen LogP contribution in [-0.2, 0) is 9.59 Å². The van der Waals surface area contributed by atoms with Gasteiger partial charge in [0.2, 0.25) is 0 Å². The minimum absolute atomic E-state index is 0.194. The van der Waals surface area contributed by atoms with E-state index in [9.17, 15) is 14.0 Å². The summed E-state index contributed by atoms with van der Waals surface area (Å²) < 4.78 is 13.7. The highest BCUT2D eigenvalue weighted by Crippen LogP contribution is 2.35. The third kappa shape index (κ3) is 3.59. The molecule has 2 aromatic carbocycles. The van der Waals surface area contributed by atoms with Crippen LogP contribution in [0.5, 0.6) is 0 Å². The second-order valence-electron chi connectivity index (χ2n) is 7.05. The van der Waals surface area contributed by atoms with E-state index >= 15 is 0 Å². The van der Waals surface area contributed by atoms with Crippen molar-refractivity contribution in [2.45, 2.75) is 19.8 Å². The summed E-state index contributed by atoms with van der Waals surface area (Å²) in [5, 5.41) is 4.97. The van der Waals surface area contributed by atoms with Crippen LogP contribution in [0, 0.1) is 5.82 Å². The molecule has 4 rings (SSSR count). The number of carbonyl (C=O) groups excluding carboxylic acids is 2. The molecule has 3 aromatic rings. The van der Waals surface area contributed by atoms with Crippen LogP contribution in [0.25, 0.3) is 5.57 Å². The maximum atomic E-state index is 13.7. The maximum Gasteiger partial charge on any atom is 0.282 e. The summed E-state index contributed by atoms with van der Waals surface area (Å²) in [4.78, 5) is 28.0. The van der Waals surface area contributed by atoms with Crippen LogP contribution in [0.15, 0.2) is 71.7 Å². The first-order chi connectivity index (χ1) is 14.0. The van der Waals surface area contributed by atoms with Gasteiger partial charge in [0, 0.05) is 10.6 Å². The normalized spacial score (nSPS) is 14.3. The molecule has 0 atom stereocenters. The molecule has 0 aliphatic carbocycles. The predicted molar refractivity (Wildman–Crippen MR) is 114 cm³/mol. The Morgan fingerprint density at radius 1 is 0.966 bits per heavy atom. The zero-order valence-electron chi connectivity index (χ0n) is 16.0. The van der Waals surface area contributed by atoms with Crippen molar-refractivity contribution < 1.29 is 14.0 Å². The highest BCUT2D eigenvalue weighted by Gasteiger charge is 2.40. The van der Waals surface area contributed by atoms with Gasteiger partial charge in [0.15, 0.2) is 0 Å². The lowest BCUT2D eigenvalue weighted by atomic mass is 10.0. The van der Waals surface area contributed by atoms with E-state index in [2.05, 4.69) is 19.2 Å². The Kier molecular flexibility index (Phi) is 5.03. The summed E-state index contributed by atoms with van der Waals surface area (Å²) in [6.45, 7) is 4.21. The fourth-order valence-electron chi connectivity index (χ4n) is 3.24. The highest BCUT2D eigenvalue weighted by molar-refractivity contribution is 7.11. The van der Waals surface area contributed by atoms with Crippen molar-refractivity contribution in [2.24, 2.45) is 0 Å². The van der Waals surface area contributed by atoms with Crippen molar-refractivity contribution in [1.82, 2.24) is 0 Å². The van der Waals surface area contributed by atoms with E-state index in [-0.39, 0.29) is 11.4 Å². The zero-order valence-corrected chi connectivity index (χ0v) is 16.8. The molecule has 0 fully saturated rings. The van der Waals surface area contributed by atoms with Crippen molar-refractivity contribution in [2.75, 3.05) is 10.2 Å². The van der Waals surface area contributed by atoms with Gasteiger partial charge in [-0.25, -0.2) is 9.29 Å². The number of nitrogens with one attached hydrogen (secondary N) is 1. The standard InChI is InChI=1S/C23H19FN2O2S/c1-14(2)15-8-10-17(11-9-15)25-21-20(19-7-4-12-29-19)22(27)26(23(21)28)18-6-3-5-16(24)13-18/h3-14,25H,1-2H3. The van der Waals surface area contributed by atoms with Gasteiger partial charge in [-0.3, -0.25) is 9.59 Å². The van der Waals surface area contributed by atoms with Crippen molar-refractivity contribution in [3.8, 4) is 0 Å². The van der Waals surface area contributed by atoms with Crippen molar-refractivity contribution in [3.63, 3.8) is 0 Å². The molecule has 29 heavy (non-hydrogen) atoms. The lowest BCUT2D eigenvalue weighted by Gasteiger charge is -2.15. The second kappa shape index (κ2) is 7.64. The summed E-state index contributed by atoms with van der Waals surface area (Å²) in [5.41, 5.74) is 2.58. The minimum atomic E-state index is -0.508. The number of imide groups is 1. The van der Waals surface area contributed by atoms with Gasteiger partial charge in [0.05, 0.1) is 11.3 Å². The number of benzene rings is 2. The number of hydrogen-bond acceptors (Lipinski definition) is 4. The van der Waals surface area contributed by atoms with Crippen molar-refractivity contribution >= 4 is 40.1 Å². The van der Waals surface area contributed by atoms with Gasteiger partial charge in [0.25, 0.3) is 11.8 Å². The Bertz CT molecular complexity index is 1100. The van der Waals surface area contributed by atoms with Crippen LogP contribution in [0.3, 0.4) is 0 Å². The van der Waals surface area contributed by atoms with E-state index in [4.69, 9.17) is 0 Å². The summed E-state index contributed by atoms with van der Waals surface area (Å²) in [6, 6.07) is 16.9. The number of rotatable bonds is 5. The SMILES string of the molecule is CC(C)c1ccc(NC2=C(c3cccs3)C(=O)N(c3cccc(F)c3)C2=O)cc1. The first kappa shape index (κ1) is 19.1. The third-order valence-corrected chi connectivity index (χ3v) is 5.65. The number of hydrogen-bond donors (Lipinski definition) is 1. The first-order valence-corrected chi connectivity index (χ1v) is 10.1. The fraction of sp³-hybridized carbons (Fsp3) is 0.130. The summed E-state index contributed by atoms with van der Waals surface area (Å²) >= 11 is 1.38. The molecule has 0 saturated carbocycles. The van der Waals surface area contributed by atoms with E-state index < -0.39 is 17.6 Å². The Morgan fingerprint density at radius 3 is 2.34 bits per heavy atom. The van der Waals surface area contributed by atoms with Crippen LogP contribution >= 0.6 is 11.3 Å². The maximum absolute atomic E-state index is 13.7. The summed E-state index contributed by atoms with van der Waals surface area (Å²) in [6.07, 6.45) is 0. The Morgan fingerprint density at radius 2 is 1.72 bits per heavy atom. The summed E-state index contributed by atoms with van der Waals surface area (Å²) in [7, 11) is 0. The molecule has 1 aliphatic rings. The molecular weight excluding hydrogens is 387 g/mol. The molecule has 0 spiro atoms. The number of carbonyl (C=O) groups is 2. The number of amides is 2. The van der Waals surface area contributed by atoms with Crippen molar-refractivity contribution in [3.05, 3.63) is 88.0 Å². The van der Waals surface area contributed by atoms with Gasteiger partial charge in [-0.05, 0) is 53.3 Å². The minimum Gasteiger partial charge on any atom is -0.350 e. The van der Waals surface area contributed by atoms with Crippen LogP contribution in [0.2, 0.25) is 0 Å². The zero-order chi connectivity index (χ0) is 20.5. The predicted octanol–water partition coefficient (Wildman–Crippen LogP) is 5.41. The highest BCUT2D eigenvalue weighted by atomic mass is 32.1. The van der Waals surface area contributed by atoms with Gasteiger partial charge in [-0.2, -0.15) is 0 Å². The average Bonchev–Trinajstić information content (AvgIpc) is 3.29. The van der Waals surface area contributed by atoms with Gasteiger partial charge in [-0.1, -0.05) is 38.1 Å². The molecule has 2 heterocycles. The van der Waals surface area contributed by atoms with Gasteiger partial charge < -0.3 is 5.32 Å².